The largest absolute Gasteiger partial charge is 0.481 e. The van der Waals surface area contributed by atoms with E-state index in [1.165, 1.54) is 0 Å². The zero-order valence-electron chi connectivity index (χ0n) is 20.4. The zero-order valence-corrected chi connectivity index (χ0v) is 20.4. The highest BCUT2D eigenvalue weighted by molar-refractivity contribution is 5.94. The number of carboxylic acid groups (broad SMARTS) is 2. The summed E-state index contributed by atoms with van der Waals surface area (Å²) in [5.41, 5.74) is 15.8. The Bertz CT molecular complexity index is 871. The number of hydrogen-bond acceptors (Lipinski definition) is 8. The van der Waals surface area contributed by atoms with Gasteiger partial charge >= 0.3 is 11.9 Å². The zero-order chi connectivity index (χ0) is 28.0. The van der Waals surface area contributed by atoms with E-state index in [2.05, 4.69) is 26.3 Å². The minimum Gasteiger partial charge on any atom is -0.481 e. The molecular weight excluding hydrogens is 492 g/mol. The predicted molar refractivity (Wildman–Crippen MR) is 130 cm³/mol. The molecule has 0 aromatic heterocycles. The lowest BCUT2D eigenvalue weighted by Crippen LogP contribution is -2.57. The van der Waals surface area contributed by atoms with Gasteiger partial charge in [-0.3, -0.25) is 29.0 Å². The third kappa shape index (κ3) is 12.5. The lowest BCUT2D eigenvalue weighted by atomic mass is 10.1. The highest BCUT2D eigenvalue weighted by Gasteiger charge is 2.31. The van der Waals surface area contributed by atoms with Gasteiger partial charge in [-0.15, -0.1) is 0 Å². The molecule has 1 aliphatic heterocycles. The molecule has 0 saturated carbocycles. The van der Waals surface area contributed by atoms with E-state index in [1.807, 2.05) is 0 Å². The minimum atomic E-state index is -1.51. The average Bonchev–Trinajstić information content (AvgIpc) is 3.35. The Hall–Kier alpha value is -3.95. The van der Waals surface area contributed by atoms with E-state index in [9.17, 15) is 33.9 Å². The van der Waals surface area contributed by atoms with E-state index < -0.39 is 66.2 Å². The van der Waals surface area contributed by atoms with Gasteiger partial charge in [0.25, 0.3) is 0 Å². The van der Waals surface area contributed by atoms with E-state index in [0.29, 0.717) is 13.0 Å². The highest BCUT2D eigenvalue weighted by Crippen LogP contribution is 2.08. The van der Waals surface area contributed by atoms with Gasteiger partial charge in [-0.25, -0.2) is 4.79 Å². The van der Waals surface area contributed by atoms with Crippen LogP contribution >= 0.6 is 0 Å². The van der Waals surface area contributed by atoms with Gasteiger partial charge in [0.15, 0.2) is 5.96 Å². The van der Waals surface area contributed by atoms with Crippen LogP contribution in [0.2, 0.25) is 0 Å². The third-order valence-electron chi connectivity index (χ3n) is 5.53. The van der Waals surface area contributed by atoms with Gasteiger partial charge in [0.2, 0.25) is 23.6 Å². The van der Waals surface area contributed by atoms with Gasteiger partial charge in [-0.2, -0.15) is 0 Å². The van der Waals surface area contributed by atoms with Crippen LogP contribution in [0.5, 0.6) is 0 Å². The van der Waals surface area contributed by atoms with Crippen LogP contribution in [0.15, 0.2) is 4.99 Å². The number of nitrogens with two attached hydrogens (primary N) is 3. The quantitative estimate of drug-likeness (QED) is 0.0506. The molecule has 1 aliphatic rings. The number of nitrogens with zero attached hydrogens (tertiary/aromatic N) is 1. The van der Waals surface area contributed by atoms with Crippen LogP contribution in [0, 0.1) is 0 Å². The van der Waals surface area contributed by atoms with Gasteiger partial charge in [0, 0.05) is 19.4 Å². The second kappa shape index (κ2) is 15.9. The second-order valence-electron chi connectivity index (χ2n) is 8.56. The second-order valence-corrected chi connectivity index (χ2v) is 8.56. The molecule has 1 fully saturated rings. The molecule has 4 unspecified atom stereocenters. The number of rotatable bonds is 17. The molecule has 0 aromatic rings. The summed E-state index contributed by atoms with van der Waals surface area (Å²) in [6, 6.07) is -4.49. The molecule has 12 N–H and O–H groups in total. The topological polar surface area (TPSA) is 281 Å². The SMILES string of the molecule is NC(=O)CCC(NC(=O)C1CCCN1)C(=O)NC(CCCN=C(N)N)C(=O)NC(CCC(=O)O)C(=O)O. The average molecular weight is 529 g/mol. The molecule has 0 bridgehead atoms. The molecule has 4 amide bonds. The third-order valence-corrected chi connectivity index (χ3v) is 5.53. The number of nitrogens with one attached hydrogen (secondary N) is 4. The maximum absolute atomic E-state index is 13.1. The van der Waals surface area contributed by atoms with Crippen LogP contribution in [0.4, 0.5) is 0 Å². The van der Waals surface area contributed by atoms with Gasteiger partial charge in [0.1, 0.15) is 18.1 Å². The summed E-state index contributed by atoms with van der Waals surface area (Å²) in [7, 11) is 0. The number of hydrogen-bond donors (Lipinski definition) is 9. The summed E-state index contributed by atoms with van der Waals surface area (Å²) in [6.45, 7) is 0.749. The van der Waals surface area contributed by atoms with Gasteiger partial charge in [-0.1, -0.05) is 0 Å². The molecule has 0 aliphatic carbocycles. The number of carboxylic acids is 2. The van der Waals surface area contributed by atoms with Crippen molar-refractivity contribution in [3.05, 3.63) is 0 Å². The van der Waals surface area contributed by atoms with Gasteiger partial charge in [0.05, 0.1) is 6.04 Å². The van der Waals surface area contributed by atoms with E-state index >= 15 is 0 Å². The first kappa shape index (κ1) is 31.1. The summed E-state index contributed by atoms with van der Waals surface area (Å²) in [6.07, 6.45) is 0.325. The monoisotopic (exact) mass is 528 g/mol. The smallest absolute Gasteiger partial charge is 0.326 e. The van der Waals surface area contributed by atoms with Crippen LogP contribution in [0.1, 0.15) is 51.4 Å². The Morgan fingerprint density at radius 3 is 1.97 bits per heavy atom. The summed E-state index contributed by atoms with van der Waals surface area (Å²) in [5, 5.41) is 28.4. The van der Waals surface area contributed by atoms with Crippen molar-refractivity contribution in [3.63, 3.8) is 0 Å². The number of primary amides is 1. The first-order chi connectivity index (χ1) is 17.4. The predicted octanol–water partition coefficient (Wildman–Crippen LogP) is -3.54. The van der Waals surface area contributed by atoms with Crippen molar-refractivity contribution in [2.24, 2.45) is 22.2 Å². The van der Waals surface area contributed by atoms with Crippen molar-refractivity contribution in [1.29, 1.82) is 0 Å². The standard InChI is InChI=1S/C21H36N8O8/c22-15(30)7-5-13(28-17(33)11-3-1-9-25-11)19(35)27-12(4-2-10-26-21(23)24)18(34)29-14(20(36)37)6-8-16(31)32/h11-14,25H,1-10H2,(H2,22,30)(H,27,35)(H,28,33)(H,29,34)(H,31,32)(H,36,37)(H4,23,24,26). The van der Waals surface area contributed by atoms with Crippen LogP contribution in [-0.2, 0) is 28.8 Å². The molecule has 1 heterocycles. The van der Waals surface area contributed by atoms with Crippen molar-refractivity contribution in [2.75, 3.05) is 13.1 Å². The van der Waals surface area contributed by atoms with Crippen molar-refractivity contribution < 1.29 is 39.0 Å². The lowest BCUT2D eigenvalue weighted by Gasteiger charge is -2.25. The summed E-state index contributed by atoms with van der Waals surface area (Å²) in [5.74, 6) is -5.68. The highest BCUT2D eigenvalue weighted by atomic mass is 16.4. The number of aliphatic carboxylic acids is 2. The molecule has 37 heavy (non-hydrogen) atoms. The fourth-order valence-electron chi connectivity index (χ4n) is 3.58. The lowest BCUT2D eigenvalue weighted by molar-refractivity contribution is -0.143. The summed E-state index contributed by atoms with van der Waals surface area (Å²) in [4.78, 5) is 75.9. The maximum Gasteiger partial charge on any atom is 0.326 e. The molecule has 4 atom stereocenters. The molecule has 16 heteroatoms. The Morgan fingerprint density at radius 1 is 0.865 bits per heavy atom. The molecule has 0 radical (unpaired) electrons. The van der Waals surface area contributed by atoms with E-state index in [4.69, 9.17) is 22.3 Å². The fraction of sp³-hybridized carbons (Fsp3) is 0.667. The number of carbonyl (C=O) groups excluding carboxylic acids is 4. The van der Waals surface area contributed by atoms with E-state index in [0.717, 1.165) is 6.42 Å². The molecule has 208 valence electrons. The van der Waals surface area contributed by atoms with Crippen LogP contribution in [0.25, 0.3) is 0 Å². The maximum atomic E-state index is 13.1. The normalized spacial score (nSPS) is 17.0. The molecular formula is C21H36N8O8. The molecule has 1 rings (SSSR count). The minimum absolute atomic E-state index is 0.0136. The molecule has 1 saturated heterocycles. The Labute approximate surface area is 213 Å². The first-order valence-electron chi connectivity index (χ1n) is 11.8. The van der Waals surface area contributed by atoms with Crippen molar-refractivity contribution >= 4 is 41.5 Å². The molecule has 0 spiro atoms. The Kier molecular flexibility index (Phi) is 13.4. The van der Waals surface area contributed by atoms with Crippen molar-refractivity contribution in [3.8, 4) is 0 Å². The van der Waals surface area contributed by atoms with Crippen LogP contribution in [-0.4, -0.2) is 89.0 Å². The van der Waals surface area contributed by atoms with Gasteiger partial charge < -0.3 is 48.7 Å². The fourth-order valence-corrected chi connectivity index (χ4v) is 3.58. The molecule has 0 aromatic carbocycles. The number of guanidine groups is 1. The van der Waals surface area contributed by atoms with E-state index in [-0.39, 0.29) is 44.6 Å². The van der Waals surface area contributed by atoms with Gasteiger partial charge in [-0.05, 0) is 45.1 Å². The van der Waals surface area contributed by atoms with E-state index in [1.54, 1.807) is 0 Å². The van der Waals surface area contributed by atoms with Crippen molar-refractivity contribution in [2.45, 2.75) is 75.5 Å². The summed E-state index contributed by atoms with van der Waals surface area (Å²) >= 11 is 0. The number of carbonyl (C=O) groups is 6. The van der Waals surface area contributed by atoms with Crippen molar-refractivity contribution in [1.82, 2.24) is 21.3 Å². The van der Waals surface area contributed by atoms with Crippen LogP contribution in [0.3, 0.4) is 0 Å². The molecule has 16 nitrogen and oxygen atoms in total. The Balaban J connectivity index is 3.00. The summed E-state index contributed by atoms with van der Waals surface area (Å²) < 4.78 is 0. The first-order valence-corrected chi connectivity index (χ1v) is 11.8. The Morgan fingerprint density at radius 2 is 1.46 bits per heavy atom. The van der Waals surface area contributed by atoms with Crippen LogP contribution < -0.4 is 38.5 Å². The number of aliphatic imine (C=N–C) groups is 1. The number of amides is 4.